The summed E-state index contributed by atoms with van der Waals surface area (Å²) in [6.45, 7) is 1.95. The quantitative estimate of drug-likeness (QED) is 0.792. The van der Waals surface area contributed by atoms with Crippen molar-refractivity contribution in [2.75, 3.05) is 6.54 Å². The first-order chi connectivity index (χ1) is 8.25. The summed E-state index contributed by atoms with van der Waals surface area (Å²) in [5, 5.41) is 3.48. The van der Waals surface area contributed by atoms with Crippen molar-refractivity contribution in [2.24, 2.45) is 5.92 Å². The second kappa shape index (κ2) is 6.86. The van der Waals surface area contributed by atoms with E-state index in [2.05, 4.69) is 42.2 Å². The molecule has 0 atom stereocenters. The predicted molar refractivity (Wildman–Crippen MR) is 77.9 cm³/mol. The first kappa shape index (κ1) is 13.5. The van der Waals surface area contributed by atoms with Crippen molar-refractivity contribution < 1.29 is 0 Å². The molecule has 0 aromatic carbocycles. The molecule has 17 heavy (non-hydrogen) atoms. The Kier molecular flexibility index (Phi) is 5.45. The van der Waals surface area contributed by atoms with Crippen molar-refractivity contribution in [2.45, 2.75) is 38.6 Å². The third-order valence-corrected chi connectivity index (χ3v) is 4.50. The second-order valence-electron chi connectivity index (χ2n) is 4.70. The summed E-state index contributed by atoms with van der Waals surface area (Å²) in [5.74, 6) is 0.962. The molecule has 0 saturated heterocycles. The number of hydrogen-bond donors (Lipinski definition) is 1. The number of aromatic nitrogens is 1. The maximum absolute atomic E-state index is 4.39. The molecule has 1 aliphatic rings. The van der Waals surface area contributed by atoms with Crippen LogP contribution in [0.4, 0.5) is 0 Å². The van der Waals surface area contributed by atoms with Crippen molar-refractivity contribution in [3.05, 3.63) is 26.9 Å². The molecule has 2 rings (SSSR count). The van der Waals surface area contributed by atoms with E-state index in [0.717, 1.165) is 33.6 Å². The van der Waals surface area contributed by atoms with Crippen molar-refractivity contribution in [3.8, 4) is 0 Å². The minimum absolute atomic E-state index is 0.848. The number of nitrogens with zero attached hydrogens (tertiary/aromatic N) is 1. The van der Waals surface area contributed by atoms with Gasteiger partial charge in [0.1, 0.15) is 0 Å². The maximum atomic E-state index is 4.39. The average Bonchev–Trinajstić information content (AvgIpc) is 2.79. The van der Waals surface area contributed by atoms with Gasteiger partial charge in [0, 0.05) is 21.7 Å². The van der Waals surface area contributed by atoms with Crippen LogP contribution in [0.25, 0.3) is 0 Å². The van der Waals surface area contributed by atoms with Crippen LogP contribution >= 0.6 is 31.9 Å². The van der Waals surface area contributed by atoms with E-state index in [9.17, 15) is 0 Å². The number of hydrogen-bond acceptors (Lipinski definition) is 2. The van der Waals surface area contributed by atoms with Gasteiger partial charge in [-0.3, -0.25) is 4.98 Å². The van der Waals surface area contributed by atoms with E-state index in [1.165, 1.54) is 32.1 Å². The molecule has 1 N–H and O–H groups in total. The molecule has 1 fully saturated rings. The van der Waals surface area contributed by atoms with Gasteiger partial charge in [0.15, 0.2) is 0 Å². The molecule has 2 nitrogen and oxygen atoms in total. The fraction of sp³-hybridized carbons (Fsp3) is 0.615. The summed E-state index contributed by atoms with van der Waals surface area (Å²) in [7, 11) is 0. The minimum atomic E-state index is 0.848. The fourth-order valence-electron chi connectivity index (χ4n) is 2.38. The van der Waals surface area contributed by atoms with Crippen LogP contribution in [0.5, 0.6) is 0 Å². The summed E-state index contributed by atoms with van der Waals surface area (Å²) in [5.41, 5.74) is 1.08. The smallest absolute Gasteiger partial charge is 0.0684 e. The van der Waals surface area contributed by atoms with Gasteiger partial charge in [-0.2, -0.15) is 0 Å². The van der Waals surface area contributed by atoms with Gasteiger partial charge < -0.3 is 5.32 Å². The van der Waals surface area contributed by atoms with Crippen LogP contribution in [0.3, 0.4) is 0 Å². The topological polar surface area (TPSA) is 24.9 Å². The van der Waals surface area contributed by atoms with Crippen molar-refractivity contribution >= 4 is 31.9 Å². The molecule has 0 spiro atoms. The number of halogens is 2. The lowest BCUT2D eigenvalue weighted by Crippen LogP contribution is -2.18. The van der Waals surface area contributed by atoms with E-state index in [1.807, 2.05) is 12.3 Å². The first-order valence-electron chi connectivity index (χ1n) is 6.26. The monoisotopic (exact) mass is 360 g/mol. The molecule has 94 valence electrons. The molecule has 0 bridgehead atoms. The lowest BCUT2D eigenvalue weighted by molar-refractivity contribution is 0.476. The van der Waals surface area contributed by atoms with Gasteiger partial charge in [0.2, 0.25) is 0 Å². The summed E-state index contributed by atoms with van der Waals surface area (Å²) < 4.78 is 2.08. The zero-order valence-electron chi connectivity index (χ0n) is 9.88. The zero-order valence-corrected chi connectivity index (χ0v) is 13.1. The summed E-state index contributed by atoms with van der Waals surface area (Å²) in [4.78, 5) is 4.39. The van der Waals surface area contributed by atoms with Gasteiger partial charge in [0.05, 0.1) is 5.69 Å². The molecule has 1 aliphatic carbocycles. The Balaban J connectivity index is 1.70. The number of pyridine rings is 1. The molecule has 4 heteroatoms. The zero-order chi connectivity index (χ0) is 12.1. The third kappa shape index (κ3) is 4.34. The fourth-order valence-corrected chi connectivity index (χ4v) is 3.51. The SMILES string of the molecule is Brc1cnc(CNCCC2CCCC2)c(Br)c1. The Morgan fingerprint density at radius 1 is 1.29 bits per heavy atom. The van der Waals surface area contributed by atoms with E-state index >= 15 is 0 Å². The van der Waals surface area contributed by atoms with E-state index in [0.29, 0.717) is 0 Å². The van der Waals surface area contributed by atoms with E-state index < -0.39 is 0 Å². The van der Waals surface area contributed by atoms with Gasteiger partial charge in [-0.1, -0.05) is 25.7 Å². The van der Waals surface area contributed by atoms with Crippen molar-refractivity contribution in [1.82, 2.24) is 10.3 Å². The Bertz CT molecular complexity index is 362. The average molecular weight is 362 g/mol. The molecule has 1 aromatic rings. The molecule has 1 saturated carbocycles. The van der Waals surface area contributed by atoms with Crippen molar-refractivity contribution in [3.63, 3.8) is 0 Å². The van der Waals surface area contributed by atoms with Gasteiger partial charge >= 0.3 is 0 Å². The van der Waals surface area contributed by atoms with Crippen LogP contribution in [0.15, 0.2) is 21.2 Å². The highest BCUT2D eigenvalue weighted by molar-refractivity contribution is 9.11. The lowest BCUT2D eigenvalue weighted by Gasteiger charge is -2.10. The standard InChI is InChI=1S/C13H18Br2N2/c14-11-7-12(15)13(17-8-11)9-16-6-5-10-3-1-2-4-10/h7-8,10,16H,1-6,9H2. The highest BCUT2D eigenvalue weighted by Gasteiger charge is 2.13. The number of rotatable bonds is 5. The highest BCUT2D eigenvalue weighted by Crippen LogP contribution is 2.27. The summed E-state index contributed by atoms with van der Waals surface area (Å²) >= 11 is 6.94. The molecule has 0 aliphatic heterocycles. The molecule has 1 aromatic heterocycles. The Morgan fingerprint density at radius 3 is 2.76 bits per heavy atom. The highest BCUT2D eigenvalue weighted by atomic mass is 79.9. The number of nitrogens with one attached hydrogen (secondary N) is 1. The molecule has 0 unspecified atom stereocenters. The molecule has 0 radical (unpaired) electrons. The first-order valence-corrected chi connectivity index (χ1v) is 7.85. The van der Waals surface area contributed by atoms with Crippen LogP contribution in [-0.4, -0.2) is 11.5 Å². The van der Waals surface area contributed by atoms with Gasteiger partial charge in [-0.15, -0.1) is 0 Å². The van der Waals surface area contributed by atoms with E-state index in [1.54, 1.807) is 0 Å². The van der Waals surface area contributed by atoms with Gasteiger partial charge in [-0.25, -0.2) is 0 Å². The van der Waals surface area contributed by atoms with Crippen LogP contribution in [0, 0.1) is 5.92 Å². The Hall–Kier alpha value is 0.0700. The van der Waals surface area contributed by atoms with Crippen LogP contribution in [0.2, 0.25) is 0 Å². The Morgan fingerprint density at radius 2 is 2.06 bits per heavy atom. The second-order valence-corrected chi connectivity index (χ2v) is 6.47. The summed E-state index contributed by atoms with van der Waals surface area (Å²) in [6, 6.07) is 2.04. The minimum Gasteiger partial charge on any atom is -0.311 e. The van der Waals surface area contributed by atoms with Gasteiger partial charge in [0.25, 0.3) is 0 Å². The predicted octanol–water partition coefficient (Wildman–Crippen LogP) is 4.28. The maximum Gasteiger partial charge on any atom is 0.0684 e. The van der Waals surface area contributed by atoms with Crippen molar-refractivity contribution in [1.29, 1.82) is 0 Å². The van der Waals surface area contributed by atoms with E-state index in [-0.39, 0.29) is 0 Å². The lowest BCUT2D eigenvalue weighted by atomic mass is 10.0. The third-order valence-electron chi connectivity index (χ3n) is 3.38. The molecular formula is C13H18Br2N2. The summed E-state index contributed by atoms with van der Waals surface area (Å²) in [6.07, 6.45) is 8.89. The van der Waals surface area contributed by atoms with Crippen LogP contribution in [0.1, 0.15) is 37.8 Å². The van der Waals surface area contributed by atoms with Crippen LogP contribution in [-0.2, 0) is 6.54 Å². The van der Waals surface area contributed by atoms with Gasteiger partial charge in [-0.05, 0) is 56.8 Å². The normalized spacial score (nSPS) is 16.6. The molecule has 1 heterocycles. The van der Waals surface area contributed by atoms with Crippen LogP contribution < -0.4 is 5.32 Å². The Labute approximate surface area is 120 Å². The molecular weight excluding hydrogens is 344 g/mol. The largest absolute Gasteiger partial charge is 0.311 e. The molecule has 0 amide bonds. The van der Waals surface area contributed by atoms with E-state index in [4.69, 9.17) is 0 Å².